The first-order chi connectivity index (χ1) is 8.00. The van der Waals surface area contributed by atoms with Gasteiger partial charge in [-0.3, -0.25) is 4.79 Å². The first-order valence-corrected chi connectivity index (χ1v) is 6.02. The molecule has 0 radical (unpaired) electrons. The van der Waals surface area contributed by atoms with Crippen LogP contribution in [0.15, 0.2) is 30.3 Å². The van der Waals surface area contributed by atoms with Gasteiger partial charge in [-0.25, -0.2) is 0 Å². The van der Waals surface area contributed by atoms with Gasteiger partial charge in [0.25, 0.3) is 5.91 Å². The maximum atomic E-state index is 11.8. The monoisotopic (exact) mass is 235 g/mol. The summed E-state index contributed by atoms with van der Waals surface area (Å²) in [5.74, 6) is 1.06. The fraction of sp³-hybridized carbons (Fsp3) is 0.500. The third kappa shape index (κ3) is 4.47. The zero-order valence-electron chi connectivity index (χ0n) is 10.9. The largest absolute Gasteiger partial charge is 0.481 e. The van der Waals surface area contributed by atoms with Crippen molar-refractivity contribution >= 4 is 5.91 Å². The van der Waals surface area contributed by atoms with Gasteiger partial charge in [-0.1, -0.05) is 32.0 Å². The molecular formula is C14H21NO2. The number of carbonyl (C=O) groups is 1. The van der Waals surface area contributed by atoms with Crippen LogP contribution in [0, 0.1) is 5.92 Å². The molecule has 1 rings (SSSR count). The number of ether oxygens (including phenoxy) is 1. The molecule has 1 aromatic rings. The first kappa shape index (κ1) is 13.6. The summed E-state index contributed by atoms with van der Waals surface area (Å²) in [4.78, 5) is 11.8. The van der Waals surface area contributed by atoms with Crippen LogP contribution in [0.5, 0.6) is 5.75 Å². The number of benzene rings is 1. The summed E-state index contributed by atoms with van der Waals surface area (Å²) in [5.41, 5.74) is 0. The number of amides is 1. The van der Waals surface area contributed by atoms with Crippen LogP contribution in [0.25, 0.3) is 0 Å². The standard InChI is InChI=1S/C14H21NO2/c1-10(2)11(3)15-14(16)12(4)17-13-8-6-5-7-9-13/h5-12H,1-4H3,(H,15,16)/t11-,12+/m0/s1. The molecule has 0 heterocycles. The summed E-state index contributed by atoms with van der Waals surface area (Å²) in [6.07, 6.45) is -0.474. The van der Waals surface area contributed by atoms with Gasteiger partial charge < -0.3 is 10.1 Å². The minimum absolute atomic E-state index is 0.0740. The maximum absolute atomic E-state index is 11.8. The molecular weight excluding hydrogens is 214 g/mol. The van der Waals surface area contributed by atoms with Gasteiger partial charge in [0, 0.05) is 6.04 Å². The molecule has 0 aliphatic heterocycles. The van der Waals surface area contributed by atoms with Crippen LogP contribution in [0.2, 0.25) is 0 Å². The average molecular weight is 235 g/mol. The van der Waals surface area contributed by atoms with Crippen molar-refractivity contribution in [3.05, 3.63) is 30.3 Å². The first-order valence-electron chi connectivity index (χ1n) is 6.02. The summed E-state index contributed by atoms with van der Waals surface area (Å²) in [7, 11) is 0. The summed E-state index contributed by atoms with van der Waals surface area (Å²) in [6.45, 7) is 7.91. The Hall–Kier alpha value is -1.51. The molecule has 0 aromatic heterocycles. The van der Waals surface area contributed by atoms with Gasteiger partial charge in [0.1, 0.15) is 5.75 Å². The Kier molecular flexibility index (Phi) is 5.01. The molecule has 17 heavy (non-hydrogen) atoms. The SMILES string of the molecule is CC(C)[C@H](C)NC(=O)[C@@H](C)Oc1ccccc1. The topological polar surface area (TPSA) is 38.3 Å². The second-order valence-electron chi connectivity index (χ2n) is 4.61. The molecule has 0 saturated heterocycles. The van der Waals surface area contributed by atoms with Gasteiger partial charge in [0.15, 0.2) is 6.10 Å². The van der Waals surface area contributed by atoms with Crippen molar-refractivity contribution < 1.29 is 9.53 Å². The normalized spacial score (nSPS) is 14.2. The van der Waals surface area contributed by atoms with Crippen molar-refractivity contribution in [3.8, 4) is 5.75 Å². The number of para-hydroxylation sites is 1. The molecule has 1 aromatic carbocycles. The Bertz CT molecular complexity index is 348. The quantitative estimate of drug-likeness (QED) is 0.852. The Labute approximate surface area is 103 Å². The van der Waals surface area contributed by atoms with Gasteiger partial charge in [0.2, 0.25) is 0 Å². The van der Waals surface area contributed by atoms with Crippen LogP contribution < -0.4 is 10.1 Å². The van der Waals surface area contributed by atoms with E-state index < -0.39 is 6.10 Å². The van der Waals surface area contributed by atoms with Crippen molar-refractivity contribution in [1.82, 2.24) is 5.32 Å². The molecule has 3 nitrogen and oxygen atoms in total. The van der Waals surface area contributed by atoms with Crippen LogP contribution >= 0.6 is 0 Å². The predicted octanol–water partition coefficient (Wildman–Crippen LogP) is 2.61. The third-order valence-electron chi connectivity index (χ3n) is 2.80. The van der Waals surface area contributed by atoms with Crippen molar-refractivity contribution in [2.45, 2.75) is 39.8 Å². The van der Waals surface area contributed by atoms with Gasteiger partial charge in [-0.2, -0.15) is 0 Å². The molecule has 0 spiro atoms. The number of rotatable bonds is 5. The van der Waals surface area contributed by atoms with Gasteiger partial charge in [-0.15, -0.1) is 0 Å². The van der Waals surface area contributed by atoms with E-state index in [9.17, 15) is 4.79 Å². The molecule has 3 heteroatoms. The van der Waals surface area contributed by atoms with E-state index in [0.29, 0.717) is 11.7 Å². The highest BCUT2D eigenvalue weighted by Crippen LogP contribution is 2.11. The molecule has 0 saturated carbocycles. The summed E-state index contributed by atoms with van der Waals surface area (Å²) in [6, 6.07) is 9.53. The fourth-order valence-electron chi connectivity index (χ4n) is 1.27. The van der Waals surface area contributed by atoms with Crippen molar-refractivity contribution in [2.24, 2.45) is 5.92 Å². The molecule has 1 amide bonds. The molecule has 0 aliphatic rings. The number of carbonyl (C=O) groups excluding carboxylic acids is 1. The Morgan fingerprint density at radius 1 is 1.12 bits per heavy atom. The Morgan fingerprint density at radius 3 is 2.24 bits per heavy atom. The zero-order valence-corrected chi connectivity index (χ0v) is 10.9. The lowest BCUT2D eigenvalue weighted by molar-refractivity contribution is -0.128. The second-order valence-corrected chi connectivity index (χ2v) is 4.61. The molecule has 0 fully saturated rings. The van der Waals surface area contributed by atoms with E-state index in [2.05, 4.69) is 19.2 Å². The van der Waals surface area contributed by atoms with Crippen LogP contribution in [0.4, 0.5) is 0 Å². The van der Waals surface area contributed by atoms with Crippen LogP contribution in [0.1, 0.15) is 27.7 Å². The van der Waals surface area contributed by atoms with Crippen LogP contribution in [-0.2, 0) is 4.79 Å². The second kappa shape index (κ2) is 6.28. The zero-order chi connectivity index (χ0) is 12.8. The molecule has 0 bridgehead atoms. The molecule has 0 aliphatic carbocycles. The van der Waals surface area contributed by atoms with E-state index >= 15 is 0 Å². The third-order valence-corrected chi connectivity index (χ3v) is 2.80. The predicted molar refractivity (Wildman–Crippen MR) is 69.0 cm³/mol. The molecule has 1 N–H and O–H groups in total. The summed E-state index contributed by atoms with van der Waals surface area (Å²) < 4.78 is 5.54. The average Bonchev–Trinajstić information content (AvgIpc) is 2.29. The van der Waals surface area contributed by atoms with E-state index in [4.69, 9.17) is 4.74 Å². The summed E-state index contributed by atoms with van der Waals surface area (Å²) >= 11 is 0. The van der Waals surface area contributed by atoms with E-state index in [1.165, 1.54) is 0 Å². The van der Waals surface area contributed by atoms with Gasteiger partial charge >= 0.3 is 0 Å². The highest BCUT2D eigenvalue weighted by Gasteiger charge is 2.18. The van der Waals surface area contributed by atoms with E-state index in [1.54, 1.807) is 6.92 Å². The van der Waals surface area contributed by atoms with Crippen molar-refractivity contribution in [3.63, 3.8) is 0 Å². The van der Waals surface area contributed by atoms with E-state index in [-0.39, 0.29) is 11.9 Å². The lowest BCUT2D eigenvalue weighted by Gasteiger charge is -2.21. The number of nitrogens with one attached hydrogen (secondary N) is 1. The lowest BCUT2D eigenvalue weighted by Crippen LogP contribution is -2.43. The summed E-state index contributed by atoms with van der Waals surface area (Å²) in [5, 5.41) is 2.94. The van der Waals surface area contributed by atoms with Crippen molar-refractivity contribution in [2.75, 3.05) is 0 Å². The van der Waals surface area contributed by atoms with E-state index in [0.717, 1.165) is 0 Å². The highest BCUT2D eigenvalue weighted by molar-refractivity contribution is 5.80. The maximum Gasteiger partial charge on any atom is 0.260 e. The van der Waals surface area contributed by atoms with Crippen molar-refractivity contribution in [1.29, 1.82) is 0 Å². The van der Waals surface area contributed by atoms with E-state index in [1.807, 2.05) is 37.3 Å². The van der Waals surface area contributed by atoms with Crippen LogP contribution in [-0.4, -0.2) is 18.1 Å². The van der Waals surface area contributed by atoms with Gasteiger partial charge in [0.05, 0.1) is 0 Å². The highest BCUT2D eigenvalue weighted by atomic mass is 16.5. The van der Waals surface area contributed by atoms with Gasteiger partial charge in [-0.05, 0) is 31.9 Å². The lowest BCUT2D eigenvalue weighted by atomic mass is 10.1. The Balaban J connectivity index is 2.48. The molecule has 0 unspecified atom stereocenters. The molecule has 94 valence electrons. The minimum atomic E-state index is -0.474. The minimum Gasteiger partial charge on any atom is -0.481 e. The smallest absolute Gasteiger partial charge is 0.260 e. The van der Waals surface area contributed by atoms with Crippen LogP contribution in [0.3, 0.4) is 0 Å². The number of hydrogen-bond acceptors (Lipinski definition) is 2. The number of hydrogen-bond donors (Lipinski definition) is 1. The molecule has 2 atom stereocenters. The Morgan fingerprint density at radius 2 is 1.71 bits per heavy atom. The fourth-order valence-corrected chi connectivity index (χ4v) is 1.27.